The van der Waals surface area contributed by atoms with Crippen molar-refractivity contribution < 1.29 is 19.0 Å². The Hall–Kier alpha value is -1.71. The molecule has 0 heterocycles. The second-order valence-electron chi connectivity index (χ2n) is 4.71. The lowest BCUT2D eigenvalue weighted by Gasteiger charge is -2.17. The molecule has 0 spiro atoms. The van der Waals surface area contributed by atoms with Gasteiger partial charge in [-0.15, -0.1) is 0 Å². The maximum absolute atomic E-state index is 11.1. The zero-order valence-electron chi connectivity index (χ0n) is 12.3. The van der Waals surface area contributed by atoms with Crippen LogP contribution >= 0.6 is 0 Å². The molecule has 1 aromatic rings. The van der Waals surface area contributed by atoms with Crippen molar-refractivity contribution >= 4 is 5.78 Å². The number of Topliss-reactive ketones (excluding diaryl/α,β-unsaturated/α-hetero) is 1. The first-order valence-electron chi connectivity index (χ1n) is 6.30. The third-order valence-corrected chi connectivity index (χ3v) is 2.99. The first-order valence-corrected chi connectivity index (χ1v) is 6.30. The summed E-state index contributed by atoms with van der Waals surface area (Å²) in [5.74, 6) is 2.38. The van der Waals surface area contributed by atoms with Gasteiger partial charge in [0, 0.05) is 6.42 Å². The molecule has 1 aromatic carbocycles. The second kappa shape index (κ2) is 7.02. The molecule has 4 heteroatoms. The Labute approximate surface area is 114 Å². The van der Waals surface area contributed by atoms with Gasteiger partial charge in [-0.1, -0.05) is 13.0 Å². The average molecular weight is 266 g/mol. The Kier molecular flexibility index (Phi) is 5.67. The van der Waals surface area contributed by atoms with E-state index in [0.717, 1.165) is 12.0 Å². The van der Waals surface area contributed by atoms with Gasteiger partial charge in [-0.05, 0) is 30.9 Å². The van der Waals surface area contributed by atoms with Gasteiger partial charge in [-0.2, -0.15) is 0 Å². The lowest BCUT2D eigenvalue weighted by Crippen LogP contribution is -2.07. The molecule has 19 heavy (non-hydrogen) atoms. The lowest BCUT2D eigenvalue weighted by atomic mass is 9.95. The number of benzene rings is 1. The molecule has 1 atom stereocenters. The largest absolute Gasteiger partial charge is 0.493 e. The first-order chi connectivity index (χ1) is 9.03. The van der Waals surface area contributed by atoms with Crippen LogP contribution in [0.2, 0.25) is 0 Å². The molecule has 4 nitrogen and oxygen atoms in total. The Morgan fingerprint density at radius 1 is 1.11 bits per heavy atom. The quantitative estimate of drug-likeness (QED) is 0.761. The fraction of sp³-hybridized carbons (Fsp3) is 0.533. The standard InChI is InChI=1S/C15H22O4/c1-10(8-11(2)16)9-12-6-7-13(17-3)15(19-5)14(12)18-4/h6-7,10H,8-9H2,1-5H3. The van der Waals surface area contributed by atoms with Crippen LogP contribution in [-0.2, 0) is 11.2 Å². The van der Waals surface area contributed by atoms with Gasteiger partial charge in [0.05, 0.1) is 21.3 Å². The highest BCUT2D eigenvalue weighted by Crippen LogP contribution is 2.40. The third-order valence-electron chi connectivity index (χ3n) is 2.99. The molecule has 0 aliphatic rings. The number of hydrogen-bond donors (Lipinski definition) is 0. The minimum Gasteiger partial charge on any atom is -0.493 e. The molecule has 0 aromatic heterocycles. The Balaban J connectivity index is 3.04. The van der Waals surface area contributed by atoms with E-state index in [-0.39, 0.29) is 11.7 Å². The van der Waals surface area contributed by atoms with E-state index in [1.54, 1.807) is 28.3 Å². The van der Waals surface area contributed by atoms with Crippen molar-refractivity contribution in [2.45, 2.75) is 26.7 Å². The summed E-state index contributed by atoms with van der Waals surface area (Å²) < 4.78 is 16.0. The summed E-state index contributed by atoms with van der Waals surface area (Å²) in [5.41, 5.74) is 1.02. The summed E-state index contributed by atoms with van der Waals surface area (Å²) in [6.07, 6.45) is 1.33. The van der Waals surface area contributed by atoms with Crippen LogP contribution in [0.5, 0.6) is 17.2 Å². The van der Waals surface area contributed by atoms with Crippen LogP contribution < -0.4 is 14.2 Å². The van der Waals surface area contributed by atoms with Crippen LogP contribution in [0, 0.1) is 5.92 Å². The van der Waals surface area contributed by atoms with E-state index in [2.05, 4.69) is 6.92 Å². The number of carbonyl (C=O) groups excluding carboxylic acids is 1. The number of hydrogen-bond acceptors (Lipinski definition) is 4. The highest BCUT2D eigenvalue weighted by atomic mass is 16.5. The summed E-state index contributed by atoms with van der Waals surface area (Å²) in [5, 5.41) is 0. The molecule has 0 aliphatic carbocycles. The molecule has 1 rings (SSSR count). The Bertz CT molecular complexity index is 440. The SMILES string of the molecule is COc1ccc(CC(C)CC(C)=O)c(OC)c1OC. The normalized spacial score (nSPS) is 11.8. The second-order valence-corrected chi connectivity index (χ2v) is 4.71. The van der Waals surface area contributed by atoms with Crippen LogP contribution in [0.3, 0.4) is 0 Å². The topological polar surface area (TPSA) is 44.8 Å². The van der Waals surface area contributed by atoms with Crippen LogP contribution in [0.15, 0.2) is 12.1 Å². The van der Waals surface area contributed by atoms with Crippen molar-refractivity contribution in [2.75, 3.05) is 21.3 Å². The van der Waals surface area contributed by atoms with E-state index in [1.165, 1.54) is 0 Å². The van der Waals surface area contributed by atoms with Gasteiger partial charge in [-0.3, -0.25) is 0 Å². The molecule has 0 bridgehead atoms. The number of methoxy groups -OCH3 is 3. The van der Waals surface area contributed by atoms with Crippen molar-refractivity contribution in [1.82, 2.24) is 0 Å². The van der Waals surface area contributed by atoms with Gasteiger partial charge in [0.15, 0.2) is 11.5 Å². The number of carbonyl (C=O) groups is 1. The van der Waals surface area contributed by atoms with E-state index >= 15 is 0 Å². The summed E-state index contributed by atoms with van der Waals surface area (Å²) in [7, 11) is 4.79. The highest BCUT2D eigenvalue weighted by molar-refractivity contribution is 5.75. The molecular weight excluding hydrogens is 244 g/mol. The molecule has 0 amide bonds. The predicted octanol–water partition coefficient (Wildman–Crippen LogP) is 2.87. The van der Waals surface area contributed by atoms with Crippen LogP contribution in [-0.4, -0.2) is 27.1 Å². The van der Waals surface area contributed by atoms with Crippen molar-refractivity contribution in [3.05, 3.63) is 17.7 Å². The first kappa shape index (κ1) is 15.3. The monoisotopic (exact) mass is 266 g/mol. The van der Waals surface area contributed by atoms with Crippen molar-refractivity contribution in [2.24, 2.45) is 5.92 Å². The minimum atomic E-state index is 0.201. The van der Waals surface area contributed by atoms with Crippen molar-refractivity contribution in [1.29, 1.82) is 0 Å². The maximum Gasteiger partial charge on any atom is 0.203 e. The van der Waals surface area contributed by atoms with Gasteiger partial charge in [0.25, 0.3) is 0 Å². The zero-order valence-corrected chi connectivity index (χ0v) is 12.3. The van der Waals surface area contributed by atoms with Gasteiger partial charge < -0.3 is 19.0 Å². The molecule has 0 aliphatic heterocycles. The van der Waals surface area contributed by atoms with E-state index in [4.69, 9.17) is 14.2 Å². The molecule has 0 N–H and O–H groups in total. The van der Waals surface area contributed by atoms with Gasteiger partial charge in [0.1, 0.15) is 5.78 Å². The summed E-state index contributed by atoms with van der Waals surface area (Å²) in [4.78, 5) is 11.1. The highest BCUT2D eigenvalue weighted by Gasteiger charge is 2.17. The average Bonchev–Trinajstić information content (AvgIpc) is 2.36. The van der Waals surface area contributed by atoms with E-state index in [0.29, 0.717) is 23.7 Å². The van der Waals surface area contributed by atoms with Crippen molar-refractivity contribution in [3.63, 3.8) is 0 Å². The molecule has 0 radical (unpaired) electrons. The fourth-order valence-corrected chi connectivity index (χ4v) is 2.26. The summed E-state index contributed by atoms with van der Waals surface area (Å²) in [6, 6.07) is 3.81. The zero-order chi connectivity index (χ0) is 14.4. The minimum absolute atomic E-state index is 0.201. The number of rotatable bonds is 7. The third kappa shape index (κ3) is 3.88. The van der Waals surface area contributed by atoms with Crippen molar-refractivity contribution in [3.8, 4) is 17.2 Å². The van der Waals surface area contributed by atoms with E-state index in [1.807, 2.05) is 12.1 Å². The van der Waals surface area contributed by atoms with Gasteiger partial charge in [0.2, 0.25) is 5.75 Å². The van der Waals surface area contributed by atoms with Crippen LogP contribution in [0.4, 0.5) is 0 Å². The fourth-order valence-electron chi connectivity index (χ4n) is 2.26. The number of ether oxygens (including phenoxy) is 3. The van der Waals surface area contributed by atoms with Gasteiger partial charge in [-0.25, -0.2) is 0 Å². The molecule has 0 saturated heterocycles. The molecule has 0 saturated carbocycles. The van der Waals surface area contributed by atoms with E-state index < -0.39 is 0 Å². The number of ketones is 1. The lowest BCUT2D eigenvalue weighted by molar-refractivity contribution is -0.117. The van der Waals surface area contributed by atoms with Crippen LogP contribution in [0.25, 0.3) is 0 Å². The predicted molar refractivity (Wildman–Crippen MR) is 74.3 cm³/mol. The summed E-state index contributed by atoms with van der Waals surface area (Å²) in [6.45, 7) is 3.67. The maximum atomic E-state index is 11.1. The summed E-state index contributed by atoms with van der Waals surface area (Å²) >= 11 is 0. The van der Waals surface area contributed by atoms with Crippen LogP contribution in [0.1, 0.15) is 25.8 Å². The molecular formula is C15H22O4. The smallest absolute Gasteiger partial charge is 0.203 e. The Morgan fingerprint density at radius 2 is 1.74 bits per heavy atom. The van der Waals surface area contributed by atoms with E-state index in [9.17, 15) is 4.79 Å². The molecule has 106 valence electrons. The molecule has 1 unspecified atom stereocenters. The molecule has 0 fully saturated rings. The van der Waals surface area contributed by atoms with Gasteiger partial charge >= 0.3 is 0 Å². The Morgan fingerprint density at radius 3 is 2.21 bits per heavy atom.